The fraction of sp³-hybridized carbons (Fsp3) is 0.478. The molecule has 1 aromatic carbocycles. The molecule has 0 unspecified atom stereocenters. The summed E-state index contributed by atoms with van der Waals surface area (Å²) in [5.41, 5.74) is 1.06. The standard InChI is InChI=1S/C23H30N2O3S/c1-17(2)28-21-14-18(11-12-20(21)27-3)15-25(19-8-4-5-9-19)23(26)16-29-22-10-6-7-13-24-22/h6-7,10-14,17,19H,4-5,8-9,15-16H2,1-3H3. The molecule has 0 aliphatic heterocycles. The molecule has 1 saturated carbocycles. The highest BCUT2D eigenvalue weighted by Gasteiger charge is 2.27. The number of thioether (sulfide) groups is 1. The van der Waals surface area contributed by atoms with Crippen molar-refractivity contribution in [3.8, 4) is 11.5 Å². The molecule has 29 heavy (non-hydrogen) atoms. The van der Waals surface area contributed by atoms with Crippen LogP contribution in [-0.4, -0.2) is 40.8 Å². The van der Waals surface area contributed by atoms with Gasteiger partial charge in [-0.2, -0.15) is 0 Å². The summed E-state index contributed by atoms with van der Waals surface area (Å²) in [6.45, 7) is 4.58. The summed E-state index contributed by atoms with van der Waals surface area (Å²) in [6.07, 6.45) is 6.34. The van der Waals surface area contributed by atoms with Crippen molar-refractivity contribution in [1.29, 1.82) is 0 Å². The van der Waals surface area contributed by atoms with Gasteiger partial charge in [0.05, 0.1) is 24.0 Å². The van der Waals surface area contributed by atoms with E-state index in [9.17, 15) is 4.79 Å². The summed E-state index contributed by atoms with van der Waals surface area (Å²) in [5, 5.41) is 0.879. The number of hydrogen-bond donors (Lipinski definition) is 0. The topological polar surface area (TPSA) is 51.7 Å². The smallest absolute Gasteiger partial charge is 0.233 e. The normalized spacial score (nSPS) is 14.2. The van der Waals surface area contributed by atoms with Crippen LogP contribution in [0.5, 0.6) is 11.5 Å². The van der Waals surface area contributed by atoms with Crippen molar-refractivity contribution in [2.75, 3.05) is 12.9 Å². The third-order valence-electron chi connectivity index (χ3n) is 5.01. The van der Waals surface area contributed by atoms with Gasteiger partial charge < -0.3 is 14.4 Å². The molecule has 1 fully saturated rings. The summed E-state index contributed by atoms with van der Waals surface area (Å²) < 4.78 is 11.3. The quantitative estimate of drug-likeness (QED) is 0.544. The Morgan fingerprint density at radius 2 is 2.00 bits per heavy atom. The van der Waals surface area contributed by atoms with Gasteiger partial charge in [0.1, 0.15) is 0 Å². The Morgan fingerprint density at radius 3 is 2.66 bits per heavy atom. The lowest BCUT2D eigenvalue weighted by atomic mass is 10.1. The van der Waals surface area contributed by atoms with Crippen LogP contribution in [0.2, 0.25) is 0 Å². The van der Waals surface area contributed by atoms with Gasteiger partial charge in [-0.3, -0.25) is 4.79 Å². The van der Waals surface area contributed by atoms with Gasteiger partial charge in [0.15, 0.2) is 11.5 Å². The van der Waals surface area contributed by atoms with Gasteiger partial charge in [0.2, 0.25) is 5.91 Å². The minimum Gasteiger partial charge on any atom is -0.493 e. The van der Waals surface area contributed by atoms with Gasteiger partial charge in [-0.1, -0.05) is 36.7 Å². The molecule has 5 nitrogen and oxygen atoms in total. The zero-order chi connectivity index (χ0) is 20.6. The maximum atomic E-state index is 13.1. The van der Waals surface area contributed by atoms with Crippen LogP contribution in [0, 0.1) is 0 Å². The summed E-state index contributed by atoms with van der Waals surface area (Å²) in [4.78, 5) is 19.5. The van der Waals surface area contributed by atoms with Crippen LogP contribution >= 0.6 is 11.8 Å². The SMILES string of the molecule is COc1ccc(CN(C(=O)CSc2ccccn2)C2CCCC2)cc1OC(C)C. The van der Waals surface area contributed by atoms with Crippen LogP contribution in [0.1, 0.15) is 45.1 Å². The number of amides is 1. The molecule has 0 bridgehead atoms. The number of ether oxygens (including phenoxy) is 2. The maximum absolute atomic E-state index is 13.1. The third-order valence-corrected chi connectivity index (χ3v) is 5.94. The van der Waals surface area contributed by atoms with Gasteiger partial charge in [0.25, 0.3) is 0 Å². The largest absolute Gasteiger partial charge is 0.493 e. The summed E-state index contributed by atoms with van der Waals surface area (Å²) in [5.74, 6) is 2.00. The molecule has 6 heteroatoms. The number of nitrogens with zero attached hydrogens (tertiary/aromatic N) is 2. The van der Waals surface area contributed by atoms with E-state index in [1.54, 1.807) is 13.3 Å². The van der Waals surface area contributed by atoms with E-state index >= 15 is 0 Å². The predicted octanol–water partition coefficient (Wildman–Crippen LogP) is 4.94. The second kappa shape index (κ2) is 10.5. The molecule has 1 amide bonds. The van der Waals surface area contributed by atoms with Crippen molar-refractivity contribution in [3.05, 3.63) is 48.2 Å². The van der Waals surface area contributed by atoms with Crippen LogP contribution in [0.4, 0.5) is 0 Å². The van der Waals surface area contributed by atoms with Crippen LogP contribution in [0.3, 0.4) is 0 Å². The van der Waals surface area contributed by atoms with E-state index in [1.807, 2.05) is 55.1 Å². The maximum Gasteiger partial charge on any atom is 0.233 e. The first-order chi connectivity index (χ1) is 14.1. The summed E-state index contributed by atoms with van der Waals surface area (Å²) in [7, 11) is 1.64. The number of pyridine rings is 1. The van der Waals surface area contributed by atoms with E-state index in [2.05, 4.69) is 4.98 Å². The van der Waals surface area contributed by atoms with E-state index in [-0.39, 0.29) is 12.0 Å². The Hall–Kier alpha value is -2.21. The van der Waals surface area contributed by atoms with Crippen molar-refractivity contribution in [3.63, 3.8) is 0 Å². The molecular formula is C23H30N2O3S. The first kappa shape index (κ1) is 21.5. The first-order valence-corrected chi connectivity index (χ1v) is 11.2. The van der Waals surface area contributed by atoms with E-state index in [1.165, 1.54) is 24.6 Å². The number of carbonyl (C=O) groups excluding carboxylic acids is 1. The molecule has 1 heterocycles. The lowest BCUT2D eigenvalue weighted by Gasteiger charge is -2.29. The zero-order valence-electron chi connectivity index (χ0n) is 17.5. The molecule has 0 radical (unpaired) electrons. The monoisotopic (exact) mass is 414 g/mol. The Balaban J connectivity index is 1.74. The third kappa shape index (κ3) is 6.13. The number of rotatable bonds is 9. The average molecular weight is 415 g/mol. The van der Waals surface area contributed by atoms with Crippen LogP contribution in [0.15, 0.2) is 47.6 Å². The average Bonchev–Trinajstić information content (AvgIpc) is 3.25. The molecule has 0 spiro atoms. The molecule has 0 atom stereocenters. The van der Waals surface area contributed by atoms with Crippen LogP contribution in [-0.2, 0) is 11.3 Å². The number of hydrogen-bond acceptors (Lipinski definition) is 5. The van der Waals surface area contributed by atoms with E-state index < -0.39 is 0 Å². The van der Waals surface area contributed by atoms with Gasteiger partial charge >= 0.3 is 0 Å². The Bertz CT molecular complexity index is 792. The molecule has 0 saturated heterocycles. The van der Waals surface area contributed by atoms with Crippen molar-refractivity contribution in [2.24, 2.45) is 0 Å². The lowest BCUT2D eigenvalue weighted by Crippen LogP contribution is -2.39. The highest BCUT2D eigenvalue weighted by molar-refractivity contribution is 7.99. The van der Waals surface area contributed by atoms with E-state index in [0.29, 0.717) is 24.1 Å². The molecule has 3 rings (SSSR count). The minimum absolute atomic E-state index is 0.0569. The van der Waals surface area contributed by atoms with Crippen molar-refractivity contribution < 1.29 is 14.3 Å². The molecule has 2 aromatic rings. The molecule has 156 valence electrons. The van der Waals surface area contributed by atoms with Crippen LogP contribution in [0.25, 0.3) is 0 Å². The number of carbonyl (C=O) groups is 1. The number of aromatic nitrogens is 1. The fourth-order valence-corrected chi connectivity index (χ4v) is 4.40. The second-order valence-electron chi connectivity index (χ2n) is 7.57. The van der Waals surface area contributed by atoms with Crippen molar-refractivity contribution >= 4 is 17.7 Å². The van der Waals surface area contributed by atoms with Crippen molar-refractivity contribution in [1.82, 2.24) is 9.88 Å². The Morgan fingerprint density at radius 1 is 1.21 bits per heavy atom. The Labute approximate surface area is 177 Å². The van der Waals surface area contributed by atoms with Crippen molar-refractivity contribution in [2.45, 2.75) is 63.2 Å². The van der Waals surface area contributed by atoms with Crippen LogP contribution < -0.4 is 9.47 Å². The van der Waals surface area contributed by atoms with Gasteiger partial charge in [-0.15, -0.1) is 0 Å². The van der Waals surface area contributed by atoms with Gasteiger partial charge in [-0.05, 0) is 56.5 Å². The van der Waals surface area contributed by atoms with E-state index in [4.69, 9.17) is 9.47 Å². The molecule has 0 N–H and O–H groups in total. The second-order valence-corrected chi connectivity index (χ2v) is 8.56. The lowest BCUT2D eigenvalue weighted by molar-refractivity contribution is -0.131. The molecule has 1 aliphatic rings. The zero-order valence-corrected chi connectivity index (χ0v) is 18.3. The molecule has 1 aromatic heterocycles. The summed E-state index contributed by atoms with van der Waals surface area (Å²) >= 11 is 1.50. The number of methoxy groups -OCH3 is 1. The highest BCUT2D eigenvalue weighted by Crippen LogP contribution is 2.31. The van der Waals surface area contributed by atoms with Gasteiger partial charge in [0, 0.05) is 18.8 Å². The fourth-order valence-electron chi connectivity index (χ4n) is 3.65. The minimum atomic E-state index is 0.0569. The van der Waals surface area contributed by atoms with E-state index in [0.717, 1.165) is 29.2 Å². The highest BCUT2D eigenvalue weighted by atomic mass is 32.2. The first-order valence-electron chi connectivity index (χ1n) is 10.2. The predicted molar refractivity (Wildman–Crippen MR) is 117 cm³/mol. The van der Waals surface area contributed by atoms with Gasteiger partial charge in [-0.25, -0.2) is 4.98 Å². The molecule has 1 aliphatic carbocycles. The molecular weight excluding hydrogens is 384 g/mol. The number of benzene rings is 1. The summed E-state index contributed by atoms with van der Waals surface area (Å²) in [6, 6.07) is 12.0. The Kier molecular flexibility index (Phi) is 7.81.